The van der Waals surface area contributed by atoms with Crippen LogP contribution in [0.2, 0.25) is 0 Å². The molecule has 3 aliphatic carbocycles. The number of carbonyl (C=O) groups excluding carboxylic acids is 2. The van der Waals surface area contributed by atoms with E-state index in [9.17, 15) is 9.59 Å². The van der Waals surface area contributed by atoms with Crippen LogP contribution in [-0.2, 0) is 9.59 Å². The standard InChI is InChI=1S/C25H17NO4/c27-24-22-20-14-5-1-2-6-15(14)21(17-8-4-3-7-16(17)20)23(22)25(28)26(24)13-9-10-18-19(11-13)30-12-29-18/h1-11,20-23H,12H2/t20?,21?,22-,23+. The van der Waals surface area contributed by atoms with Gasteiger partial charge in [-0.2, -0.15) is 0 Å². The van der Waals surface area contributed by atoms with Crippen molar-refractivity contribution in [3.05, 3.63) is 89.0 Å². The summed E-state index contributed by atoms with van der Waals surface area (Å²) in [5, 5.41) is 0. The van der Waals surface area contributed by atoms with Crippen molar-refractivity contribution in [1.29, 1.82) is 0 Å². The van der Waals surface area contributed by atoms with Gasteiger partial charge in [-0.1, -0.05) is 48.5 Å². The Balaban J connectivity index is 1.41. The molecule has 0 saturated carbocycles. The molecule has 3 aromatic carbocycles. The van der Waals surface area contributed by atoms with E-state index in [0.717, 1.165) is 0 Å². The highest BCUT2D eigenvalue weighted by molar-refractivity contribution is 6.23. The minimum absolute atomic E-state index is 0.0946. The monoisotopic (exact) mass is 395 g/mol. The number of hydrogen-bond donors (Lipinski definition) is 0. The van der Waals surface area contributed by atoms with Crippen molar-refractivity contribution >= 4 is 17.5 Å². The van der Waals surface area contributed by atoms with Crippen molar-refractivity contribution in [1.82, 2.24) is 0 Å². The Morgan fingerprint density at radius 2 is 1.17 bits per heavy atom. The van der Waals surface area contributed by atoms with E-state index in [1.54, 1.807) is 18.2 Å². The molecule has 0 spiro atoms. The quantitative estimate of drug-likeness (QED) is 0.588. The predicted octanol–water partition coefficient (Wildman–Crippen LogP) is 3.81. The summed E-state index contributed by atoms with van der Waals surface area (Å²) in [6.45, 7) is 0.153. The number of imide groups is 1. The van der Waals surface area contributed by atoms with Gasteiger partial charge in [0.15, 0.2) is 11.5 Å². The van der Waals surface area contributed by atoms with E-state index in [0.29, 0.717) is 17.2 Å². The number of carbonyl (C=O) groups is 2. The molecular weight excluding hydrogens is 378 g/mol. The summed E-state index contributed by atoms with van der Waals surface area (Å²) in [5.41, 5.74) is 5.26. The van der Waals surface area contributed by atoms with E-state index in [1.165, 1.54) is 27.2 Å². The van der Waals surface area contributed by atoms with Crippen molar-refractivity contribution in [2.24, 2.45) is 11.8 Å². The molecule has 3 aromatic rings. The molecule has 2 aliphatic heterocycles. The lowest BCUT2D eigenvalue weighted by atomic mass is 9.55. The molecule has 0 aromatic heterocycles. The third kappa shape index (κ3) is 1.83. The van der Waals surface area contributed by atoms with Crippen molar-refractivity contribution in [3.63, 3.8) is 0 Å². The van der Waals surface area contributed by atoms with Crippen LogP contribution in [0.5, 0.6) is 11.5 Å². The maximum Gasteiger partial charge on any atom is 0.238 e. The number of nitrogens with zero attached hydrogens (tertiary/aromatic N) is 1. The summed E-state index contributed by atoms with van der Waals surface area (Å²) in [6, 6.07) is 21.8. The van der Waals surface area contributed by atoms with Gasteiger partial charge in [-0.15, -0.1) is 0 Å². The molecule has 30 heavy (non-hydrogen) atoms. The van der Waals surface area contributed by atoms with Crippen LogP contribution in [0.4, 0.5) is 5.69 Å². The largest absolute Gasteiger partial charge is 0.454 e. The van der Waals surface area contributed by atoms with E-state index >= 15 is 0 Å². The minimum Gasteiger partial charge on any atom is -0.454 e. The summed E-state index contributed by atoms with van der Waals surface area (Å²) >= 11 is 0. The predicted molar refractivity (Wildman–Crippen MR) is 109 cm³/mol. The molecule has 2 atom stereocenters. The van der Waals surface area contributed by atoms with Crippen molar-refractivity contribution in [2.45, 2.75) is 11.8 Å². The van der Waals surface area contributed by atoms with Gasteiger partial charge in [-0.25, -0.2) is 4.90 Å². The number of rotatable bonds is 1. The zero-order valence-electron chi connectivity index (χ0n) is 15.9. The van der Waals surface area contributed by atoms with E-state index in [2.05, 4.69) is 24.3 Å². The highest BCUT2D eigenvalue weighted by atomic mass is 16.7. The van der Waals surface area contributed by atoms with Gasteiger partial charge in [-0.05, 0) is 34.4 Å². The van der Waals surface area contributed by atoms with E-state index < -0.39 is 0 Å². The van der Waals surface area contributed by atoms with Crippen LogP contribution in [-0.4, -0.2) is 18.6 Å². The smallest absolute Gasteiger partial charge is 0.238 e. The van der Waals surface area contributed by atoms with Crippen molar-refractivity contribution in [2.75, 3.05) is 11.7 Å². The highest BCUT2D eigenvalue weighted by Gasteiger charge is 2.61. The van der Waals surface area contributed by atoms with Gasteiger partial charge in [0.25, 0.3) is 0 Å². The van der Waals surface area contributed by atoms with Gasteiger partial charge in [0, 0.05) is 17.9 Å². The van der Waals surface area contributed by atoms with Gasteiger partial charge in [0.05, 0.1) is 17.5 Å². The molecule has 1 saturated heterocycles. The first-order valence-electron chi connectivity index (χ1n) is 10.2. The summed E-state index contributed by atoms with van der Waals surface area (Å²) < 4.78 is 10.9. The SMILES string of the molecule is O=C1[C@@H]2C3c4ccccc4C(c4ccccc43)[C@@H]2C(=O)N1c1ccc2c(c1)OCO2. The Hall–Kier alpha value is -3.60. The number of benzene rings is 3. The maximum absolute atomic E-state index is 13.7. The third-order valence-electron chi connectivity index (χ3n) is 7.06. The molecule has 8 rings (SSSR count). The number of hydrogen-bond acceptors (Lipinski definition) is 4. The molecule has 5 aliphatic rings. The average molecular weight is 395 g/mol. The van der Waals surface area contributed by atoms with E-state index in [1.807, 2.05) is 24.3 Å². The Labute approximate surface area is 172 Å². The second-order valence-corrected chi connectivity index (χ2v) is 8.31. The summed E-state index contributed by atoms with van der Waals surface area (Å²) in [5.74, 6) is 0.0135. The van der Waals surface area contributed by atoms with Gasteiger partial charge in [0.2, 0.25) is 18.6 Å². The van der Waals surface area contributed by atoms with Crippen LogP contribution in [0.25, 0.3) is 0 Å². The summed E-state index contributed by atoms with van der Waals surface area (Å²) in [6.07, 6.45) is 0. The van der Waals surface area contributed by atoms with Crippen molar-refractivity contribution < 1.29 is 19.1 Å². The lowest BCUT2D eigenvalue weighted by molar-refractivity contribution is -0.122. The Morgan fingerprint density at radius 3 is 1.70 bits per heavy atom. The molecule has 0 radical (unpaired) electrons. The second-order valence-electron chi connectivity index (χ2n) is 8.31. The Bertz CT molecular complexity index is 1150. The summed E-state index contributed by atoms with van der Waals surface area (Å²) in [4.78, 5) is 28.8. The first-order valence-corrected chi connectivity index (χ1v) is 10.2. The number of anilines is 1. The molecule has 5 heteroatoms. The molecule has 2 amide bonds. The zero-order chi connectivity index (χ0) is 20.0. The van der Waals surface area contributed by atoms with Crippen LogP contribution >= 0.6 is 0 Å². The zero-order valence-corrected chi connectivity index (χ0v) is 15.9. The van der Waals surface area contributed by atoms with E-state index in [-0.39, 0.29) is 42.3 Å². The van der Waals surface area contributed by atoms with Crippen LogP contribution in [0, 0.1) is 11.8 Å². The number of fused-ring (bicyclic) bond motifs is 1. The molecule has 0 unspecified atom stereocenters. The van der Waals surface area contributed by atoms with Crippen LogP contribution in [0.1, 0.15) is 34.1 Å². The molecule has 146 valence electrons. The third-order valence-corrected chi connectivity index (χ3v) is 7.06. The molecule has 5 nitrogen and oxygen atoms in total. The molecule has 2 heterocycles. The van der Waals surface area contributed by atoms with Crippen LogP contribution in [0.3, 0.4) is 0 Å². The summed E-state index contributed by atoms with van der Waals surface area (Å²) in [7, 11) is 0. The maximum atomic E-state index is 13.7. The van der Waals surface area contributed by atoms with Gasteiger partial charge in [-0.3, -0.25) is 9.59 Å². The van der Waals surface area contributed by atoms with Gasteiger partial charge in [0.1, 0.15) is 0 Å². The Kier molecular flexibility index (Phi) is 2.98. The van der Waals surface area contributed by atoms with Gasteiger partial charge >= 0.3 is 0 Å². The fourth-order valence-corrected chi connectivity index (χ4v) is 5.96. The molecule has 1 fully saturated rings. The number of ether oxygens (including phenoxy) is 2. The molecule has 2 bridgehead atoms. The number of amides is 2. The van der Waals surface area contributed by atoms with Crippen molar-refractivity contribution in [3.8, 4) is 11.5 Å². The average Bonchev–Trinajstić information content (AvgIpc) is 3.36. The Morgan fingerprint density at radius 1 is 0.667 bits per heavy atom. The lowest BCUT2D eigenvalue weighted by Gasteiger charge is -2.45. The normalized spacial score (nSPS) is 27.1. The topological polar surface area (TPSA) is 55.8 Å². The first kappa shape index (κ1) is 16.2. The van der Waals surface area contributed by atoms with E-state index in [4.69, 9.17) is 9.47 Å². The lowest BCUT2D eigenvalue weighted by Crippen LogP contribution is -2.41. The second kappa shape index (κ2) is 5.51. The van der Waals surface area contributed by atoms with Crippen LogP contribution < -0.4 is 14.4 Å². The molecular formula is C25H17NO4. The first-order chi connectivity index (χ1) is 14.7. The fraction of sp³-hybridized carbons (Fsp3) is 0.200. The molecule has 0 N–H and O–H groups in total. The highest BCUT2D eigenvalue weighted by Crippen LogP contribution is 2.61. The minimum atomic E-state index is -0.377. The van der Waals surface area contributed by atoms with Crippen LogP contribution in [0.15, 0.2) is 66.7 Å². The van der Waals surface area contributed by atoms with Gasteiger partial charge < -0.3 is 9.47 Å². The fourth-order valence-electron chi connectivity index (χ4n) is 5.96.